The number of carbonyl (C=O) groups is 1. The minimum atomic E-state index is -4.54. The molecule has 1 amide bonds. The van der Waals surface area contributed by atoms with Crippen LogP contribution >= 0.6 is 24.8 Å². The van der Waals surface area contributed by atoms with E-state index < -0.39 is 24.4 Å². The Kier molecular flexibility index (Phi) is 9.68. The molecule has 3 aliphatic rings. The van der Waals surface area contributed by atoms with Gasteiger partial charge in [0, 0.05) is 44.7 Å². The first-order valence-electron chi connectivity index (χ1n) is 12.6. The molecular formula is C24H34Cl2F3N7O. The van der Waals surface area contributed by atoms with Crippen LogP contribution in [0.25, 0.3) is 0 Å². The fourth-order valence-corrected chi connectivity index (χ4v) is 5.58. The molecule has 2 aromatic heterocycles. The summed E-state index contributed by atoms with van der Waals surface area (Å²) in [6.45, 7) is 7.50. The van der Waals surface area contributed by atoms with Gasteiger partial charge in [-0.25, -0.2) is 15.0 Å². The van der Waals surface area contributed by atoms with Gasteiger partial charge >= 0.3 is 6.18 Å². The van der Waals surface area contributed by atoms with E-state index in [1.807, 2.05) is 4.90 Å². The van der Waals surface area contributed by atoms with Gasteiger partial charge in [-0.05, 0) is 45.2 Å². The van der Waals surface area contributed by atoms with Gasteiger partial charge in [0.25, 0.3) is 0 Å². The number of piperidine rings is 1. The first-order chi connectivity index (χ1) is 16.8. The molecular weight excluding hydrogens is 530 g/mol. The van der Waals surface area contributed by atoms with Crippen molar-refractivity contribution >= 4 is 42.4 Å². The number of imidazole rings is 1. The number of alkyl halides is 3. The molecule has 5 heterocycles. The van der Waals surface area contributed by atoms with E-state index in [9.17, 15) is 18.0 Å². The van der Waals surface area contributed by atoms with Crippen molar-refractivity contribution in [3.63, 3.8) is 0 Å². The fraction of sp³-hybridized carbons (Fsp3) is 0.667. The Hall–Kier alpha value is -2.11. The van der Waals surface area contributed by atoms with Gasteiger partial charge in [0.05, 0.1) is 17.2 Å². The van der Waals surface area contributed by atoms with E-state index in [4.69, 9.17) is 4.98 Å². The number of carbonyl (C=O) groups excluding carboxylic acids is 1. The smallest absolute Gasteiger partial charge is 0.356 e. The van der Waals surface area contributed by atoms with E-state index in [0.717, 1.165) is 57.0 Å². The van der Waals surface area contributed by atoms with Crippen LogP contribution in [-0.2, 0) is 17.8 Å². The lowest BCUT2D eigenvalue weighted by Crippen LogP contribution is -2.38. The van der Waals surface area contributed by atoms with Gasteiger partial charge < -0.3 is 19.7 Å². The van der Waals surface area contributed by atoms with Gasteiger partial charge in [-0.15, -0.1) is 24.8 Å². The number of hydrogen-bond donors (Lipinski definition) is 1. The number of fused-ring (bicyclic) bond motifs is 1. The van der Waals surface area contributed by atoms with E-state index in [1.165, 1.54) is 19.2 Å². The molecule has 2 saturated heterocycles. The average molecular weight is 564 g/mol. The van der Waals surface area contributed by atoms with E-state index >= 15 is 0 Å². The predicted molar refractivity (Wildman–Crippen MR) is 140 cm³/mol. The molecule has 1 N–H and O–H groups in total. The van der Waals surface area contributed by atoms with Gasteiger partial charge in [-0.1, -0.05) is 6.92 Å². The Morgan fingerprint density at radius 3 is 2.41 bits per heavy atom. The van der Waals surface area contributed by atoms with Crippen molar-refractivity contribution in [3.8, 4) is 0 Å². The molecule has 0 spiro atoms. The molecule has 8 nitrogen and oxygen atoms in total. The molecule has 0 saturated carbocycles. The van der Waals surface area contributed by atoms with Crippen LogP contribution in [0.2, 0.25) is 0 Å². The summed E-state index contributed by atoms with van der Waals surface area (Å²) in [5.74, 6) is -0.970. The van der Waals surface area contributed by atoms with Gasteiger partial charge in [-0.2, -0.15) is 13.2 Å². The van der Waals surface area contributed by atoms with Crippen molar-refractivity contribution in [2.45, 2.75) is 70.0 Å². The number of halogens is 5. The van der Waals surface area contributed by atoms with Crippen molar-refractivity contribution in [2.24, 2.45) is 0 Å². The third kappa shape index (κ3) is 6.31. The zero-order valence-electron chi connectivity index (χ0n) is 20.8. The fourth-order valence-electron chi connectivity index (χ4n) is 5.58. The third-order valence-corrected chi connectivity index (χ3v) is 7.49. The second kappa shape index (κ2) is 12.2. The molecule has 0 bridgehead atoms. The zero-order chi connectivity index (χ0) is 24.6. The van der Waals surface area contributed by atoms with E-state index in [1.54, 1.807) is 0 Å². The summed E-state index contributed by atoms with van der Waals surface area (Å²) in [6.07, 6.45) is 3.19. The molecule has 1 atom stereocenters. The normalized spacial score (nSPS) is 20.7. The minimum absolute atomic E-state index is 0. The number of hydrogen-bond acceptors (Lipinski definition) is 6. The van der Waals surface area contributed by atoms with Crippen molar-refractivity contribution in [1.29, 1.82) is 0 Å². The molecule has 2 aromatic rings. The maximum atomic E-state index is 13.8. The number of aromatic nitrogens is 4. The van der Waals surface area contributed by atoms with Crippen LogP contribution in [0.4, 0.5) is 24.8 Å². The molecule has 0 radical (unpaired) electrons. The van der Waals surface area contributed by atoms with Gasteiger partial charge in [0.15, 0.2) is 0 Å². The topological polar surface area (TPSA) is 79.2 Å². The zero-order valence-corrected chi connectivity index (χ0v) is 22.5. The standard InChI is InChI=1S/C24H32F3N7O.2ClH/c1-2-17-14-34(12-11-32-7-3-4-8-32)22(30-17)16-5-9-33(10-6-16)23-20-18(24(25,26)27)13-19(35)31-21(20)28-15-29-23;;/h14-16,18H,2-13H2,1H3,(H,28,29,31,35);2*1H. The number of aryl methyl sites for hydroxylation is 1. The lowest BCUT2D eigenvalue weighted by molar-refractivity contribution is -0.156. The molecule has 37 heavy (non-hydrogen) atoms. The lowest BCUT2D eigenvalue weighted by Gasteiger charge is -2.36. The largest absolute Gasteiger partial charge is 0.396 e. The van der Waals surface area contributed by atoms with E-state index in [2.05, 4.69) is 37.9 Å². The van der Waals surface area contributed by atoms with Gasteiger partial charge in [-0.3, -0.25) is 4.79 Å². The van der Waals surface area contributed by atoms with Crippen molar-refractivity contribution in [2.75, 3.05) is 42.9 Å². The summed E-state index contributed by atoms with van der Waals surface area (Å²) in [6, 6.07) is 0. The third-order valence-electron chi connectivity index (χ3n) is 7.49. The summed E-state index contributed by atoms with van der Waals surface area (Å²) in [5, 5.41) is 2.50. The number of rotatable bonds is 6. The molecule has 0 aliphatic carbocycles. The lowest BCUT2D eigenvalue weighted by atomic mass is 9.90. The number of nitrogens with zero attached hydrogens (tertiary/aromatic N) is 6. The van der Waals surface area contributed by atoms with Crippen molar-refractivity contribution < 1.29 is 18.0 Å². The predicted octanol–water partition coefficient (Wildman–Crippen LogP) is 4.55. The quantitative estimate of drug-likeness (QED) is 0.555. The Balaban J connectivity index is 0.00000190. The van der Waals surface area contributed by atoms with Crippen LogP contribution in [0.3, 0.4) is 0 Å². The number of likely N-dealkylation sites (tertiary alicyclic amines) is 1. The van der Waals surface area contributed by atoms with Crippen molar-refractivity contribution in [1.82, 2.24) is 24.4 Å². The summed E-state index contributed by atoms with van der Waals surface area (Å²) in [4.78, 5) is 29.4. The highest BCUT2D eigenvalue weighted by Gasteiger charge is 2.48. The SMILES string of the molecule is CCc1cn(CCN2CCCC2)c(C2CCN(c3ncnc4c3C(C(F)(F)F)CC(=O)N4)CC2)n1.Cl.Cl. The number of amides is 1. The monoisotopic (exact) mass is 563 g/mol. The Morgan fingerprint density at radius 2 is 1.76 bits per heavy atom. The van der Waals surface area contributed by atoms with Crippen LogP contribution in [0.1, 0.15) is 67.9 Å². The molecule has 13 heteroatoms. The first kappa shape index (κ1) is 29.4. The summed E-state index contributed by atoms with van der Waals surface area (Å²) in [5.41, 5.74) is 1.07. The Bertz CT molecular complexity index is 1070. The maximum Gasteiger partial charge on any atom is 0.396 e. The number of nitrogens with one attached hydrogen (secondary N) is 1. The second-order valence-electron chi connectivity index (χ2n) is 9.75. The Labute approximate surface area is 227 Å². The molecule has 3 aliphatic heterocycles. The minimum Gasteiger partial charge on any atom is -0.356 e. The van der Waals surface area contributed by atoms with Crippen LogP contribution < -0.4 is 10.2 Å². The van der Waals surface area contributed by atoms with Crippen molar-refractivity contribution in [3.05, 3.63) is 29.6 Å². The van der Waals surface area contributed by atoms with Crippen LogP contribution in [0.15, 0.2) is 12.5 Å². The van der Waals surface area contributed by atoms with Crippen LogP contribution in [-0.4, -0.2) is 69.2 Å². The highest BCUT2D eigenvalue weighted by atomic mass is 35.5. The molecule has 1 unspecified atom stereocenters. The molecule has 0 aromatic carbocycles. The maximum absolute atomic E-state index is 13.8. The van der Waals surface area contributed by atoms with Crippen LogP contribution in [0, 0.1) is 0 Å². The van der Waals surface area contributed by atoms with Crippen LogP contribution in [0.5, 0.6) is 0 Å². The van der Waals surface area contributed by atoms with Gasteiger partial charge in [0.1, 0.15) is 23.8 Å². The summed E-state index contributed by atoms with van der Waals surface area (Å²) >= 11 is 0. The molecule has 2 fully saturated rings. The van der Waals surface area contributed by atoms with E-state index in [0.29, 0.717) is 13.1 Å². The highest BCUT2D eigenvalue weighted by Crippen LogP contribution is 2.46. The van der Waals surface area contributed by atoms with Gasteiger partial charge in [0.2, 0.25) is 5.91 Å². The highest BCUT2D eigenvalue weighted by molar-refractivity contribution is 5.94. The number of anilines is 2. The first-order valence-corrected chi connectivity index (χ1v) is 12.6. The summed E-state index contributed by atoms with van der Waals surface area (Å²) < 4.78 is 43.8. The average Bonchev–Trinajstić information content (AvgIpc) is 3.51. The molecule has 206 valence electrons. The summed E-state index contributed by atoms with van der Waals surface area (Å²) in [7, 11) is 0. The second-order valence-corrected chi connectivity index (χ2v) is 9.75. The van der Waals surface area contributed by atoms with E-state index in [-0.39, 0.29) is 47.9 Å². The molecule has 5 rings (SSSR count). The Morgan fingerprint density at radius 1 is 1.05 bits per heavy atom.